The van der Waals surface area contributed by atoms with Crippen LogP contribution in [-0.4, -0.2) is 30.1 Å². The lowest BCUT2D eigenvalue weighted by molar-refractivity contribution is -0.136. The van der Waals surface area contributed by atoms with Gasteiger partial charge < -0.3 is 14.4 Å². The Hall–Kier alpha value is -2.75. The smallest absolute Gasteiger partial charge is 0.261 e. The van der Waals surface area contributed by atoms with Crippen LogP contribution in [0.15, 0.2) is 60.7 Å². The average molecular weight is 406 g/mol. The quantitative estimate of drug-likeness (QED) is 0.612. The Morgan fingerprint density at radius 3 is 2.77 bits per heavy atom. The van der Waals surface area contributed by atoms with E-state index in [1.807, 2.05) is 41.3 Å². The molecule has 2 aromatic carbocycles. The van der Waals surface area contributed by atoms with Gasteiger partial charge in [-0.15, -0.1) is 0 Å². The van der Waals surface area contributed by atoms with Gasteiger partial charge in [-0.25, -0.2) is 0 Å². The molecule has 1 amide bonds. The summed E-state index contributed by atoms with van der Waals surface area (Å²) in [4.78, 5) is 15.3. The lowest BCUT2D eigenvalue weighted by Crippen LogP contribution is -2.43. The van der Waals surface area contributed by atoms with Crippen molar-refractivity contribution in [3.63, 3.8) is 0 Å². The van der Waals surface area contributed by atoms with Crippen molar-refractivity contribution >= 4 is 5.91 Å². The predicted molar refractivity (Wildman–Crippen MR) is 119 cm³/mol. The second-order valence-electron chi connectivity index (χ2n) is 8.29. The highest BCUT2D eigenvalue weighted by Gasteiger charge is 2.27. The van der Waals surface area contributed by atoms with Crippen LogP contribution >= 0.6 is 0 Å². The van der Waals surface area contributed by atoms with Gasteiger partial charge in [-0.2, -0.15) is 0 Å². The second kappa shape index (κ2) is 9.84. The first kappa shape index (κ1) is 20.5. The number of ether oxygens (including phenoxy) is 2. The number of rotatable bonds is 6. The first-order chi connectivity index (χ1) is 14.7. The molecular weight excluding hydrogens is 374 g/mol. The monoisotopic (exact) mass is 405 g/mol. The molecule has 1 heterocycles. The molecule has 1 unspecified atom stereocenters. The van der Waals surface area contributed by atoms with Crippen LogP contribution in [0.25, 0.3) is 0 Å². The number of carbonyl (C=O) groups excluding carboxylic acids is 1. The largest absolute Gasteiger partial charge is 0.493 e. The summed E-state index contributed by atoms with van der Waals surface area (Å²) >= 11 is 0. The topological polar surface area (TPSA) is 38.8 Å². The molecule has 30 heavy (non-hydrogen) atoms. The van der Waals surface area contributed by atoms with Crippen molar-refractivity contribution in [2.24, 2.45) is 0 Å². The van der Waals surface area contributed by atoms with Crippen molar-refractivity contribution in [3.05, 3.63) is 71.8 Å². The molecule has 0 aromatic heterocycles. The zero-order valence-electron chi connectivity index (χ0n) is 17.6. The standard InChI is InChI=1S/C26H31NO3/c1-20-9-5-2-3-8-12-24(20)27(26(28)19-30-23-10-6-4-7-11-23)18-21-13-14-25-22(17-21)15-16-29-25/h4,6-7,10-11,13-14,17,24H,1-3,5,8-9,12,15-16,18-19H2. The fourth-order valence-electron chi connectivity index (χ4n) is 4.44. The highest BCUT2D eigenvalue weighted by atomic mass is 16.5. The normalized spacial score (nSPS) is 18.7. The number of nitrogens with zero attached hydrogens (tertiary/aromatic N) is 1. The maximum Gasteiger partial charge on any atom is 0.261 e. The SMILES string of the molecule is C=C1CCCCCCC1N(Cc1ccc2c(c1)CCO2)C(=O)COc1ccccc1. The molecule has 1 fully saturated rings. The van der Waals surface area contributed by atoms with Gasteiger partial charge in [0, 0.05) is 13.0 Å². The fraction of sp³-hybridized carbons (Fsp3) is 0.423. The summed E-state index contributed by atoms with van der Waals surface area (Å²) < 4.78 is 11.4. The zero-order valence-corrected chi connectivity index (χ0v) is 17.6. The minimum Gasteiger partial charge on any atom is -0.493 e. The lowest BCUT2D eigenvalue weighted by Gasteiger charge is -2.35. The Labute approximate surface area is 179 Å². The molecule has 158 valence electrons. The molecule has 0 radical (unpaired) electrons. The van der Waals surface area contributed by atoms with Crippen LogP contribution in [0.4, 0.5) is 0 Å². The van der Waals surface area contributed by atoms with Crippen molar-refractivity contribution in [1.29, 1.82) is 0 Å². The van der Waals surface area contributed by atoms with E-state index in [1.54, 1.807) is 0 Å². The maximum absolute atomic E-state index is 13.3. The van der Waals surface area contributed by atoms with E-state index < -0.39 is 0 Å². The van der Waals surface area contributed by atoms with Gasteiger partial charge in [0.1, 0.15) is 11.5 Å². The first-order valence-corrected chi connectivity index (χ1v) is 11.1. The van der Waals surface area contributed by atoms with E-state index in [4.69, 9.17) is 9.47 Å². The summed E-state index contributed by atoms with van der Waals surface area (Å²) in [5, 5.41) is 0. The molecule has 1 aliphatic carbocycles. The molecule has 0 saturated heterocycles. The Morgan fingerprint density at radius 1 is 1.07 bits per heavy atom. The van der Waals surface area contributed by atoms with Crippen molar-refractivity contribution in [3.8, 4) is 11.5 Å². The summed E-state index contributed by atoms with van der Waals surface area (Å²) in [5.41, 5.74) is 3.55. The molecule has 0 bridgehead atoms. The van der Waals surface area contributed by atoms with Crippen molar-refractivity contribution in [1.82, 2.24) is 4.90 Å². The van der Waals surface area contributed by atoms with Crippen LogP contribution in [0.2, 0.25) is 0 Å². The third-order valence-electron chi connectivity index (χ3n) is 6.11. The summed E-state index contributed by atoms with van der Waals surface area (Å²) in [5.74, 6) is 1.71. The molecule has 0 N–H and O–H groups in total. The highest BCUT2D eigenvalue weighted by Crippen LogP contribution is 2.29. The number of hydrogen-bond donors (Lipinski definition) is 0. The molecule has 4 heteroatoms. The van der Waals surface area contributed by atoms with Crippen molar-refractivity contribution < 1.29 is 14.3 Å². The average Bonchev–Trinajstić information content (AvgIpc) is 3.22. The maximum atomic E-state index is 13.3. The third kappa shape index (κ3) is 5.05. The summed E-state index contributed by atoms with van der Waals surface area (Å²) in [7, 11) is 0. The van der Waals surface area contributed by atoms with E-state index >= 15 is 0 Å². The molecule has 1 saturated carbocycles. The molecule has 1 aliphatic heterocycles. The molecule has 2 aliphatic rings. The van der Waals surface area contributed by atoms with Gasteiger partial charge in [0.05, 0.1) is 12.6 Å². The van der Waals surface area contributed by atoms with Crippen molar-refractivity contribution in [2.75, 3.05) is 13.2 Å². The predicted octanol–water partition coefficient (Wildman–Crippen LogP) is 5.31. The van der Waals surface area contributed by atoms with E-state index in [-0.39, 0.29) is 18.6 Å². The van der Waals surface area contributed by atoms with Crippen LogP contribution in [0, 0.1) is 0 Å². The van der Waals surface area contributed by atoms with Crippen LogP contribution in [0.1, 0.15) is 49.7 Å². The number of para-hydroxylation sites is 1. The van der Waals surface area contributed by atoms with E-state index in [2.05, 4.69) is 18.7 Å². The van der Waals surface area contributed by atoms with Gasteiger partial charge in [-0.1, -0.05) is 61.7 Å². The molecule has 0 spiro atoms. The molecule has 2 aromatic rings. The fourth-order valence-corrected chi connectivity index (χ4v) is 4.44. The van der Waals surface area contributed by atoms with Crippen molar-refractivity contribution in [2.45, 2.75) is 57.5 Å². The molecular formula is C26H31NO3. The second-order valence-corrected chi connectivity index (χ2v) is 8.29. The number of benzene rings is 2. The minimum atomic E-state index is 0.0160. The first-order valence-electron chi connectivity index (χ1n) is 11.1. The lowest BCUT2D eigenvalue weighted by atomic mass is 9.91. The van der Waals surface area contributed by atoms with Gasteiger partial charge in [-0.3, -0.25) is 4.79 Å². The Morgan fingerprint density at radius 2 is 1.90 bits per heavy atom. The van der Waals surface area contributed by atoms with Gasteiger partial charge in [0.25, 0.3) is 5.91 Å². The number of fused-ring (bicyclic) bond motifs is 1. The van der Waals surface area contributed by atoms with Crippen LogP contribution in [0.5, 0.6) is 11.5 Å². The Balaban J connectivity index is 1.53. The number of carbonyl (C=O) groups is 1. The van der Waals surface area contributed by atoms with E-state index in [0.29, 0.717) is 6.54 Å². The van der Waals surface area contributed by atoms with Gasteiger partial charge in [0.2, 0.25) is 0 Å². The van der Waals surface area contributed by atoms with E-state index in [9.17, 15) is 4.79 Å². The number of hydrogen-bond acceptors (Lipinski definition) is 3. The molecule has 4 rings (SSSR count). The van der Waals surface area contributed by atoms with Gasteiger partial charge in [-0.05, 0) is 48.6 Å². The Bertz CT molecular complexity index is 877. The highest BCUT2D eigenvalue weighted by molar-refractivity contribution is 5.78. The molecule has 4 nitrogen and oxygen atoms in total. The van der Waals surface area contributed by atoms with Crippen LogP contribution in [0.3, 0.4) is 0 Å². The minimum absolute atomic E-state index is 0.0160. The van der Waals surface area contributed by atoms with E-state index in [0.717, 1.165) is 55.8 Å². The van der Waals surface area contributed by atoms with Crippen LogP contribution in [-0.2, 0) is 17.8 Å². The van der Waals surface area contributed by atoms with Gasteiger partial charge in [0.15, 0.2) is 6.61 Å². The van der Waals surface area contributed by atoms with E-state index in [1.165, 1.54) is 24.0 Å². The van der Waals surface area contributed by atoms with Crippen LogP contribution < -0.4 is 9.47 Å². The zero-order chi connectivity index (χ0) is 20.8. The van der Waals surface area contributed by atoms with Gasteiger partial charge >= 0.3 is 0 Å². The third-order valence-corrected chi connectivity index (χ3v) is 6.11. The summed E-state index contributed by atoms with van der Waals surface area (Å²) in [6.07, 6.45) is 7.67. The summed E-state index contributed by atoms with van der Waals surface area (Å²) in [6, 6.07) is 15.9. The summed E-state index contributed by atoms with van der Waals surface area (Å²) in [6.45, 7) is 5.73. The Kier molecular flexibility index (Phi) is 6.73. The number of amides is 1. The molecule has 1 atom stereocenters.